The van der Waals surface area contributed by atoms with Gasteiger partial charge in [0.05, 0.1) is 18.8 Å². The van der Waals surface area contributed by atoms with Crippen LogP contribution >= 0.6 is 0 Å². The molecule has 0 amide bonds. The van der Waals surface area contributed by atoms with Crippen LogP contribution in [0.3, 0.4) is 0 Å². The molecule has 1 heterocycles. The van der Waals surface area contributed by atoms with Gasteiger partial charge in [0.15, 0.2) is 5.79 Å². The summed E-state index contributed by atoms with van der Waals surface area (Å²) >= 11 is 0. The molecule has 0 aromatic heterocycles. The molecule has 2 aliphatic rings. The maximum atomic E-state index is 6.06. The Kier molecular flexibility index (Phi) is 4.45. The summed E-state index contributed by atoms with van der Waals surface area (Å²) in [7, 11) is 0. The largest absolute Gasteiger partial charge is 0.375 e. The number of hydrogen-bond donors (Lipinski definition) is 0. The molecule has 100 valence electrons. The summed E-state index contributed by atoms with van der Waals surface area (Å²) in [6.07, 6.45) is 7.79. The first-order chi connectivity index (χ1) is 8.18. The summed E-state index contributed by atoms with van der Waals surface area (Å²) in [6, 6.07) is 0. The lowest BCUT2D eigenvalue weighted by molar-refractivity contribution is -0.207. The quantitative estimate of drug-likeness (QED) is 0.692. The summed E-state index contributed by atoms with van der Waals surface area (Å²) in [5.74, 6) is -0.258. The van der Waals surface area contributed by atoms with Gasteiger partial charge in [-0.1, -0.05) is 19.8 Å². The Hall–Kier alpha value is -0.120. The fraction of sp³-hybridized carbons (Fsp3) is 1.00. The average molecular weight is 242 g/mol. The van der Waals surface area contributed by atoms with Crippen molar-refractivity contribution in [1.82, 2.24) is 0 Å². The second-order valence-electron chi connectivity index (χ2n) is 5.61. The third-order valence-electron chi connectivity index (χ3n) is 4.08. The topological polar surface area (TPSA) is 27.7 Å². The second kappa shape index (κ2) is 5.68. The maximum Gasteiger partial charge on any atom is 0.168 e. The van der Waals surface area contributed by atoms with E-state index in [0.717, 1.165) is 45.5 Å². The van der Waals surface area contributed by atoms with Gasteiger partial charge in [-0.2, -0.15) is 0 Å². The molecule has 0 aromatic carbocycles. The van der Waals surface area contributed by atoms with Crippen LogP contribution in [0.15, 0.2) is 0 Å². The fourth-order valence-electron chi connectivity index (χ4n) is 2.76. The number of ether oxygens (including phenoxy) is 3. The molecule has 3 heteroatoms. The molecule has 0 unspecified atom stereocenters. The van der Waals surface area contributed by atoms with Gasteiger partial charge in [0.1, 0.15) is 0 Å². The molecule has 17 heavy (non-hydrogen) atoms. The lowest BCUT2D eigenvalue weighted by Crippen LogP contribution is -2.43. The highest BCUT2D eigenvalue weighted by Crippen LogP contribution is 2.41. The summed E-state index contributed by atoms with van der Waals surface area (Å²) in [5.41, 5.74) is 0.0499. The lowest BCUT2D eigenvalue weighted by atomic mass is 9.82. The molecule has 1 aliphatic carbocycles. The van der Waals surface area contributed by atoms with Crippen LogP contribution < -0.4 is 0 Å². The molecule has 0 aromatic rings. The smallest absolute Gasteiger partial charge is 0.168 e. The Morgan fingerprint density at radius 1 is 1.00 bits per heavy atom. The summed E-state index contributed by atoms with van der Waals surface area (Å²) in [5, 5.41) is 0. The minimum atomic E-state index is -0.258. The lowest BCUT2D eigenvalue weighted by Gasteiger charge is -2.41. The van der Waals surface area contributed by atoms with Crippen LogP contribution in [-0.4, -0.2) is 31.2 Å². The zero-order valence-electron chi connectivity index (χ0n) is 11.3. The Morgan fingerprint density at radius 2 is 1.65 bits per heavy atom. The molecule has 0 atom stereocenters. The van der Waals surface area contributed by atoms with Crippen molar-refractivity contribution in [3.05, 3.63) is 0 Å². The van der Waals surface area contributed by atoms with Crippen LogP contribution in [0, 0.1) is 0 Å². The van der Waals surface area contributed by atoms with Gasteiger partial charge in [-0.25, -0.2) is 0 Å². The van der Waals surface area contributed by atoms with Crippen LogP contribution in [0.4, 0.5) is 0 Å². The van der Waals surface area contributed by atoms with Crippen LogP contribution in [0.1, 0.15) is 58.8 Å². The van der Waals surface area contributed by atoms with Crippen LogP contribution in [0.25, 0.3) is 0 Å². The van der Waals surface area contributed by atoms with E-state index in [0.29, 0.717) is 0 Å². The molecular weight excluding hydrogens is 216 g/mol. The molecule has 3 nitrogen and oxygen atoms in total. The van der Waals surface area contributed by atoms with Crippen molar-refractivity contribution in [2.75, 3.05) is 19.8 Å². The van der Waals surface area contributed by atoms with Gasteiger partial charge in [0.25, 0.3) is 0 Å². The first-order valence-electron chi connectivity index (χ1n) is 7.10. The average Bonchev–Trinajstić information content (AvgIpc) is 2.79. The monoisotopic (exact) mass is 242 g/mol. The summed E-state index contributed by atoms with van der Waals surface area (Å²) in [6.45, 7) is 6.88. The highest BCUT2D eigenvalue weighted by molar-refractivity contribution is 4.89. The van der Waals surface area contributed by atoms with Gasteiger partial charge < -0.3 is 14.2 Å². The van der Waals surface area contributed by atoms with Crippen LogP contribution in [0.5, 0.6) is 0 Å². The van der Waals surface area contributed by atoms with Crippen molar-refractivity contribution in [3.8, 4) is 0 Å². The first kappa shape index (κ1) is 13.3. The fourth-order valence-corrected chi connectivity index (χ4v) is 2.76. The highest BCUT2D eigenvalue weighted by atomic mass is 16.7. The normalized spacial score (nSPS) is 26.5. The van der Waals surface area contributed by atoms with E-state index in [9.17, 15) is 0 Å². The van der Waals surface area contributed by atoms with E-state index in [1.165, 1.54) is 19.3 Å². The zero-order valence-corrected chi connectivity index (χ0v) is 11.3. The number of hydrogen-bond acceptors (Lipinski definition) is 3. The molecule has 0 N–H and O–H groups in total. The van der Waals surface area contributed by atoms with Gasteiger partial charge in [-0.3, -0.25) is 0 Å². The molecule has 1 spiro atoms. The van der Waals surface area contributed by atoms with Gasteiger partial charge in [0.2, 0.25) is 0 Å². The standard InChI is InChI=1S/C14H26O3/c1-3-4-5-10-15-13(2)6-8-14(9-7-13)16-11-12-17-14/h3-12H2,1-2H3. The Morgan fingerprint density at radius 3 is 2.24 bits per heavy atom. The molecule has 0 radical (unpaired) electrons. The predicted octanol–water partition coefficient (Wildman–Crippen LogP) is 3.27. The van der Waals surface area contributed by atoms with Crippen molar-refractivity contribution >= 4 is 0 Å². The summed E-state index contributed by atoms with van der Waals surface area (Å²) < 4.78 is 17.5. The predicted molar refractivity (Wildman–Crippen MR) is 67.0 cm³/mol. The second-order valence-corrected chi connectivity index (χ2v) is 5.61. The maximum absolute atomic E-state index is 6.06. The Labute approximate surface area is 105 Å². The summed E-state index contributed by atoms with van der Waals surface area (Å²) in [4.78, 5) is 0. The number of unbranched alkanes of at least 4 members (excludes halogenated alkanes) is 2. The molecule has 2 rings (SSSR count). The minimum Gasteiger partial charge on any atom is -0.375 e. The third kappa shape index (κ3) is 3.43. The van der Waals surface area contributed by atoms with Crippen molar-refractivity contribution in [2.45, 2.75) is 70.2 Å². The Bertz CT molecular complexity index is 224. The van der Waals surface area contributed by atoms with Crippen molar-refractivity contribution in [2.24, 2.45) is 0 Å². The minimum absolute atomic E-state index is 0.0499. The Balaban J connectivity index is 1.72. The van der Waals surface area contributed by atoms with Crippen molar-refractivity contribution < 1.29 is 14.2 Å². The molecule has 2 fully saturated rings. The van der Waals surface area contributed by atoms with E-state index in [1.807, 2.05) is 0 Å². The molecule has 1 saturated carbocycles. The van der Waals surface area contributed by atoms with Crippen LogP contribution in [0.2, 0.25) is 0 Å². The van der Waals surface area contributed by atoms with E-state index in [2.05, 4.69) is 13.8 Å². The van der Waals surface area contributed by atoms with Gasteiger partial charge in [-0.05, 0) is 26.2 Å². The number of rotatable bonds is 5. The molecular formula is C14H26O3. The van der Waals surface area contributed by atoms with E-state index in [-0.39, 0.29) is 11.4 Å². The highest BCUT2D eigenvalue weighted by Gasteiger charge is 2.44. The first-order valence-corrected chi connectivity index (χ1v) is 7.10. The van der Waals surface area contributed by atoms with E-state index in [4.69, 9.17) is 14.2 Å². The van der Waals surface area contributed by atoms with E-state index in [1.54, 1.807) is 0 Å². The van der Waals surface area contributed by atoms with Gasteiger partial charge in [0, 0.05) is 19.4 Å². The van der Waals surface area contributed by atoms with E-state index >= 15 is 0 Å². The van der Waals surface area contributed by atoms with Crippen molar-refractivity contribution in [1.29, 1.82) is 0 Å². The van der Waals surface area contributed by atoms with Gasteiger partial charge in [-0.15, -0.1) is 0 Å². The van der Waals surface area contributed by atoms with Gasteiger partial charge >= 0.3 is 0 Å². The SMILES string of the molecule is CCCCCOC1(C)CCC2(CC1)OCCO2. The van der Waals surface area contributed by atoms with Crippen molar-refractivity contribution in [3.63, 3.8) is 0 Å². The molecule has 0 bridgehead atoms. The molecule has 1 aliphatic heterocycles. The molecule has 1 saturated heterocycles. The van der Waals surface area contributed by atoms with Crippen LogP contribution in [-0.2, 0) is 14.2 Å². The van der Waals surface area contributed by atoms with E-state index < -0.39 is 0 Å². The third-order valence-corrected chi connectivity index (χ3v) is 4.08. The zero-order chi connectivity index (χ0) is 12.2.